The molecule has 2 aromatic carbocycles. The Balaban J connectivity index is 1.08. The van der Waals surface area contributed by atoms with E-state index in [9.17, 15) is 14.0 Å². The summed E-state index contributed by atoms with van der Waals surface area (Å²) in [5.41, 5.74) is 3.33. The number of likely N-dealkylation sites (tertiary alicyclic amines) is 2. The third kappa shape index (κ3) is 6.80. The van der Waals surface area contributed by atoms with Crippen LogP contribution in [0.1, 0.15) is 104 Å². The number of H-pyrrole nitrogens is 2. The fraction of sp³-hybridized carbons (Fsp3) is 0.463. The van der Waals surface area contributed by atoms with Crippen molar-refractivity contribution in [2.45, 2.75) is 110 Å². The molecule has 55 heavy (non-hydrogen) atoms. The fourth-order valence-corrected chi connectivity index (χ4v) is 7.90. The molecular formula is C41H47F2N7O5. The molecule has 2 fully saturated rings. The molecule has 6 heterocycles. The zero-order valence-electron chi connectivity index (χ0n) is 32.2. The second kappa shape index (κ2) is 13.4. The summed E-state index contributed by atoms with van der Waals surface area (Å²) in [4.78, 5) is 44.8. The van der Waals surface area contributed by atoms with E-state index in [-0.39, 0.29) is 30.9 Å². The van der Waals surface area contributed by atoms with E-state index >= 15 is 4.39 Å². The van der Waals surface area contributed by atoms with Gasteiger partial charge in [0.25, 0.3) is 0 Å². The molecule has 4 atom stereocenters. The average Bonchev–Trinajstić information content (AvgIpc) is 3.96. The first-order valence-corrected chi connectivity index (χ1v) is 19.0. The Morgan fingerprint density at radius 1 is 0.891 bits per heavy atom. The lowest BCUT2D eigenvalue weighted by atomic mass is 10.0. The summed E-state index contributed by atoms with van der Waals surface area (Å²) in [5, 5.41) is 0.453. The van der Waals surface area contributed by atoms with Crippen molar-refractivity contribution in [3.63, 3.8) is 0 Å². The summed E-state index contributed by atoms with van der Waals surface area (Å²) < 4.78 is 50.9. The van der Waals surface area contributed by atoms with Gasteiger partial charge in [0.2, 0.25) is 0 Å². The minimum Gasteiger partial charge on any atom is -0.469 e. The predicted octanol–water partition coefficient (Wildman–Crippen LogP) is 9.62. The van der Waals surface area contributed by atoms with E-state index < -0.39 is 35.7 Å². The summed E-state index contributed by atoms with van der Waals surface area (Å²) in [6, 6.07) is 10.4. The van der Waals surface area contributed by atoms with Crippen molar-refractivity contribution in [2.75, 3.05) is 13.1 Å². The van der Waals surface area contributed by atoms with Gasteiger partial charge >= 0.3 is 12.2 Å². The second-order valence-electron chi connectivity index (χ2n) is 16.6. The van der Waals surface area contributed by atoms with Crippen molar-refractivity contribution in [3.05, 3.63) is 66.3 Å². The molecule has 3 aromatic heterocycles. The van der Waals surface area contributed by atoms with Gasteiger partial charge in [-0.1, -0.05) is 19.1 Å². The molecule has 0 aliphatic carbocycles. The smallest absolute Gasteiger partial charge is 0.411 e. The van der Waals surface area contributed by atoms with Gasteiger partial charge in [0.05, 0.1) is 53.6 Å². The molecular weight excluding hydrogens is 708 g/mol. The standard InChI is InChI=1S/C41H47F2N7O5/c1-8-33-50-29-14-12-22(27-19-44-36(46-27)30-10-9-15-48(30)38(51)54-40(2,3)4)16-26(29)34(43)35(50)25-13-11-23(17-32(25)53-33)28-20-45-37(47-28)31-18-24(42)21-49(31)39(52)55-41(5,6)7/h11-14,16-17,19-20,24,30-31,33H,8-10,15,18,21H2,1-7H3,(H,44,46)(H,45,47). The summed E-state index contributed by atoms with van der Waals surface area (Å²) in [6.07, 6.45) is 3.07. The van der Waals surface area contributed by atoms with E-state index in [2.05, 4.69) is 19.9 Å². The van der Waals surface area contributed by atoms with Gasteiger partial charge < -0.3 is 28.7 Å². The van der Waals surface area contributed by atoms with Crippen LogP contribution in [0, 0.1) is 5.82 Å². The number of hydrogen-bond donors (Lipinski definition) is 2. The van der Waals surface area contributed by atoms with Gasteiger partial charge in [0.15, 0.2) is 12.0 Å². The van der Waals surface area contributed by atoms with Crippen molar-refractivity contribution >= 4 is 23.1 Å². The number of ether oxygens (including phenoxy) is 3. The van der Waals surface area contributed by atoms with Crippen molar-refractivity contribution in [1.29, 1.82) is 0 Å². The maximum absolute atomic E-state index is 16.7. The highest BCUT2D eigenvalue weighted by Gasteiger charge is 2.41. The van der Waals surface area contributed by atoms with Crippen LogP contribution in [-0.4, -0.2) is 77.0 Å². The van der Waals surface area contributed by atoms with Crippen LogP contribution in [0.5, 0.6) is 5.75 Å². The van der Waals surface area contributed by atoms with Crippen LogP contribution < -0.4 is 4.74 Å². The molecule has 5 aromatic rings. The highest BCUT2D eigenvalue weighted by Crippen LogP contribution is 2.47. The number of alkyl halides is 1. The van der Waals surface area contributed by atoms with E-state index in [1.807, 2.05) is 68.7 Å². The normalized spacial score (nSPS) is 21.1. The number of nitrogens with zero attached hydrogens (tertiary/aromatic N) is 5. The van der Waals surface area contributed by atoms with Crippen molar-refractivity contribution < 1.29 is 32.6 Å². The number of aromatic nitrogens is 5. The summed E-state index contributed by atoms with van der Waals surface area (Å²) in [5.74, 6) is 1.30. The predicted molar refractivity (Wildman–Crippen MR) is 203 cm³/mol. The molecule has 2 amide bonds. The number of carbonyl (C=O) groups excluding carboxylic acids is 2. The van der Waals surface area contributed by atoms with Crippen LogP contribution in [0.25, 0.3) is 44.7 Å². The number of amides is 2. The summed E-state index contributed by atoms with van der Waals surface area (Å²) in [7, 11) is 0. The number of hydrogen-bond acceptors (Lipinski definition) is 7. The van der Waals surface area contributed by atoms with Gasteiger partial charge in [-0.25, -0.2) is 28.3 Å². The Labute approximate surface area is 318 Å². The Kier molecular flexibility index (Phi) is 8.92. The van der Waals surface area contributed by atoms with Crippen LogP contribution in [0.3, 0.4) is 0 Å². The van der Waals surface area contributed by atoms with E-state index in [0.29, 0.717) is 58.2 Å². The van der Waals surface area contributed by atoms with E-state index in [1.54, 1.807) is 38.1 Å². The molecule has 2 N–H and O–H groups in total. The zero-order chi connectivity index (χ0) is 39.0. The molecule has 4 unspecified atom stereocenters. The van der Waals surface area contributed by atoms with E-state index in [1.165, 1.54) is 4.90 Å². The molecule has 0 radical (unpaired) electrons. The van der Waals surface area contributed by atoms with Crippen LogP contribution in [0.2, 0.25) is 0 Å². The molecule has 12 nitrogen and oxygen atoms in total. The van der Waals surface area contributed by atoms with Crippen LogP contribution in [0.15, 0.2) is 48.8 Å². The zero-order valence-corrected chi connectivity index (χ0v) is 32.2. The molecule has 0 spiro atoms. The van der Waals surface area contributed by atoms with Gasteiger partial charge in [-0.2, -0.15) is 0 Å². The van der Waals surface area contributed by atoms with Gasteiger partial charge in [-0.15, -0.1) is 0 Å². The van der Waals surface area contributed by atoms with Crippen molar-refractivity contribution in [1.82, 2.24) is 34.3 Å². The van der Waals surface area contributed by atoms with Gasteiger partial charge in [0, 0.05) is 41.5 Å². The molecule has 3 aliphatic rings. The van der Waals surface area contributed by atoms with E-state index in [0.717, 1.165) is 29.7 Å². The molecule has 0 bridgehead atoms. The highest BCUT2D eigenvalue weighted by molar-refractivity contribution is 5.93. The Hall–Kier alpha value is -5.40. The third-order valence-electron chi connectivity index (χ3n) is 10.3. The number of rotatable bonds is 5. The third-order valence-corrected chi connectivity index (χ3v) is 10.3. The first-order valence-electron chi connectivity index (χ1n) is 19.0. The Bertz CT molecular complexity index is 2280. The number of benzene rings is 2. The minimum absolute atomic E-state index is 0.0697. The lowest BCUT2D eigenvalue weighted by molar-refractivity contribution is 0.0204. The molecule has 2 saturated heterocycles. The minimum atomic E-state index is -1.20. The fourth-order valence-electron chi connectivity index (χ4n) is 7.90. The number of aromatic amines is 2. The highest BCUT2D eigenvalue weighted by atomic mass is 19.1. The molecule has 290 valence electrons. The Morgan fingerprint density at radius 2 is 1.51 bits per heavy atom. The maximum Gasteiger partial charge on any atom is 0.411 e. The molecule has 0 saturated carbocycles. The first-order chi connectivity index (χ1) is 26.1. The largest absolute Gasteiger partial charge is 0.469 e. The van der Waals surface area contributed by atoms with Crippen molar-refractivity contribution in [3.8, 4) is 39.5 Å². The summed E-state index contributed by atoms with van der Waals surface area (Å²) in [6.45, 7) is 13.4. The maximum atomic E-state index is 16.7. The number of halogens is 2. The second-order valence-corrected chi connectivity index (χ2v) is 16.6. The first kappa shape index (κ1) is 36.6. The quantitative estimate of drug-likeness (QED) is 0.183. The summed E-state index contributed by atoms with van der Waals surface area (Å²) >= 11 is 0. The number of imidazole rings is 2. The molecule has 14 heteroatoms. The lowest BCUT2D eigenvalue weighted by Gasteiger charge is -2.29. The van der Waals surface area contributed by atoms with E-state index in [4.69, 9.17) is 14.2 Å². The monoisotopic (exact) mass is 755 g/mol. The SMILES string of the molecule is CCC1Oc2cc(-c3cnc(C4CC(F)CN4C(=O)OC(C)(C)C)[nH]3)ccc2-c2c(F)c3cc(-c4cnc(C5CCCN5C(=O)OC(C)(C)C)[nH]4)ccc3n21. The van der Waals surface area contributed by atoms with Gasteiger partial charge in [-0.05, 0) is 78.6 Å². The Morgan fingerprint density at radius 3 is 2.16 bits per heavy atom. The molecule has 8 rings (SSSR count). The molecule has 3 aliphatic heterocycles. The van der Waals surface area contributed by atoms with Crippen LogP contribution in [-0.2, 0) is 9.47 Å². The van der Waals surface area contributed by atoms with Gasteiger partial charge in [-0.3, -0.25) is 9.80 Å². The topological polar surface area (TPSA) is 131 Å². The van der Waals surface area contributed by atoms with Crippen LogP contribution >= 0.6 is 0 Å². The number of nitrogens with one attached hydrogen (secondary N) is 2. The average molecular weight is 756 g/mol. The lowest BCUT2D eigenvalue weighted by Crippen LogP contribution is -2.37. The number of fused-ring (bicyclic) bond motifs is 5. The van der Waals surface area contributed by atoms with Gasteiger partial charge in [0.1, 0.15) is 34.8 Å². The van der Waals surface area contributed by atoms with Crippen molar-refractivity contribution in [2.24, 2.45) is 0 Å². The van der Waals surface area contributed by atoms with Crippen LogP contribution in [0.4, 0.5) is 18.4 Å². The number of carbonyl (C=O) groups is 2.